The predicted octanol–water partition coefficient (Wildman–Crippen LogP) is 4.18. The quantitative estimate of drug-likeness (QED) is 0.758. The molecule has 0 aliphatic carbocycles. The van der Waals surface area contributed by atoms with Crippen molar-refractivity contribution in [3.63, 3.8) is 0 Å². The molecule has 0 spiro atoms. The summed E-state index contributed by atoms with van der Waals surface area (Å²) in [6.45, 7) is 4.90. The smallest absolute Gasteiger partial charge is 0.260 e. The van der Waals surface area contributed by atoms with Crippen LogP contribution in [-0.4, -0.2) is 15.9 Å². The monoisotopic (exact) mass is 363 g/mol. The van der Waals surface area contributed by atoms with E-state index in [9.17, 15) is 9.18 Å². The summed E-state index contributed by atoms with van der Waals surface area (Å²) in [6.07, 6.45) is 1.62. The number of hydrogen-bond donors (Lipinski definition) is 1. The first kappa shape index (κ1) is 17.3. The van der Waals surface area contributed by atoms with Gasteiger partial charge in [0.25, 0.3) is 5.91 Å². The van der Waals surface area contributed by atoms with Gasteiger partial charge in [-0.15, -0.1) is 0 Å². The van der Waals surface area contributed by atoms with Gasteiger partial charge >= 0.3 is 0 Å². The Bertz CT molecular complexity index is 1050. The Morgan fingerprint density at radius 2 is 1.85 bits per heavy atom. The van der Waals surface area contributed by atoms with Crippen molar-refractivity contribution in [2.24, 2.45) is 0 Å². The molecule has 0 saturated carbocycles. The van der Waals surface area contributed by atoms with Crippen LogP contribution in [0.4, 0.5) is 10.3 Å². The van der Waals surface area contributed by atoms with Crippen molar-refractivity contribution < 1.29 is 13.9 Å². The van der Waals surface area contributed by atoms with E-state index in [1.54, 1.807) is 12.3 Å². The fourth-order valence-corrected chi connectivity index (χ4v) is 2.97. The van der Waals surface area contributed by atoms with E-state index in [1.165, 1.54) is 17.7 Å². The second kappa shape index (κ2) is 6.89. The molecule has 6 heteroatoms. The molecule has 0 atom stereocenters. The van der Waals surface area contributed by atoms with Crippen LogP contribution in [0.15, 0.2) is 42.6 Å². The van der Waals surface area contributed by atoms with Crippen LogP contribution in [0.25, 0.3) is 11.1 Å². The van der Waals surface area contributed by atoms with E-state index in [1.807, 2.05) is 32.0 Å². The summed E-state index contributed by atoms with van der Waals surface area (Å²) in [5.41, 5.74) is 5.53. The zero-order chi connectivity index (χ0) is 19.0. The molecule has 2 aromatic carbocycles. The first-order chi connectivity index (χ1) is 13.0. The average molecular weight is 363 g/mol. The molecule has 0 fully saturated rings. The molecule has 4 rings (SSSR count). The fraction of sp³-hybridized carbons (Fsp3) is 0.190. The van der Waals surface area contributed by atoms with E-state index in [-0.39, 0.29) is 11.5 Å². The molecule has 1 aromatic heterocycles. The maximum absolute atomic E-state index is 14.6. The average Bonchev–Trinajstić information content (AvgIpc) is 3.11. The topological polar surface area (TPSA) is 64.1 Å². The Morgan fingerprint density at radius 1 is 1.07 bits per heavy atom. The summed E-state index contributed by atoms with van der Waals surface area (Å²) in [5.74, 6) is -1.03. The number of halogens is 1. The van der Waals surface area contributed by atoms with Crippen molar-refractivity contribution in [1.82, 2.24) is 9.97 Å². The highest BCUT2D eigenvalue weighted by Crippen LogP contribution is 2.25. The van der Waals surface area contributed by atoms with Gasteiger partial charge in [-0.25, -0.2) is 14.4 Å². The molecule has 0 saturated heterocycles. The minimum Gasteiger partial charge on any atom is -0.370 e. The maximum atomic E-state index is 14.6. The lowest BCUT2D eigenvalue weighted by Crippen LogP contribution is -2.16. The van der Waals surface area contributed by atoms with Crippen LogP contribution < -0.4 is 5.32 Å². The van der Waals surface area contributed by atoms with Gasteiger partial charge < -0.3 is 4.74 Å². The first-order valence-electron chi connectivity index (χ1n) is 8.62. The third-order valence-electron chi connectivity index (χ3n) is 4.73. The van der Waals surface area contributed by atoms with Crippen molar-refractivity contribution in [2.45, 2.75) is 27.1 Å². The molecule has 0 radical (unpaired) electrons. The first-order valence-corrected chi connectivity index (χ1v) is 8.62. The highest BCUT2D eigenvalue weighted by molar-refractivity contribution is 6.03. The van der Waals surface area contributed by atoms with E-state index in [0.717, 1.165) is 27.9 Å². The van der Waals surface area contributed by atoms with Gasteiger partial charge in [-0.2, -0.15) is 0 Å². The van der Waals surface area contributed by atoms with Crippen LogP contribution in [0.5, 0.6) is 0 Å². The van der Waals surface area contributed by atoms with Crippen LogP contribution >= 0.6 is 0 Å². The van der Waals surface area contributed by atoms with E-state index >= 15 is 0 Å². The van der Waals surface area contributed by atoms with Crippen LogP contribution in [0.2, 0.25) is 0 Å². The van der Waals surface area contributed by atoms with Gasteiger partial charge in [-0.05, 0) is 48.2 Å². The number of carbonyl (C=O) groups excluding carboxylic acids is 1. The molecule has 136 valence electrons. The van der Waals surface area contributed by atoms with Crippen LogP contribution in [-0.2, 0) is 18.0 Å². The third-order valence-corrected chi connectivity index (χ3v) is 4.73. The lowest BCUT2D eigenvalue weighted by atomic mass is 9.99. The standard InChI is InChI=1S/C21H18FN3O2/c1-12-3-4-14(7-13(12)2)15-5-6-17(18(22)8-15)20(26)25-21-23-9-16-10-27-11-19(16)24-21/h3-9H,10-11H2,1-2H3,(H,23,24,25,26). The largest absolute Gasteiger partial charge is 0.370 e. The highest BCUT2D eigenvalue weighted by atomic mass is 19.1. The Labute approximate surface area is 156 Å². The molecule has 0 unspecified atom stereocenters. The number of ether oxygens (including phenoxy) is 1. The lowest BCUT2D eigenvalue weighted by Gasteiger charge is -2.09. The van der Waals surface area contributed by atoms with E-state index < -0.39 is 11.7 Å². The van der Waals surface area contributed by atoms with Crippen LogP contribution in [0.1, 0.15) is 32.7 Å². The predicted molar refractivity (Wildman–Crippen MR) is 99.8 cm³/mol. The Balaban J connectivity index is 1.56. The van der Waals surface area contributed by atoms with Gasteiger partial charge in [0, 0.05) is 11.8 Å². The SMILES string of the molecule is Cc1ccc(-c2ccc(C(=O)Nc3ncc4c(n3)COC4)c(F)c2)cc1C. The summed E-state index contributed by atoms with van der Waals surface area (Å²) in [7, 11) is 0. The van der Waals surface area contributed by atoms with Gasteiger partial charge in [-0.3, -0.25) is 10.1 Å². The lowest BCUT2D eigenvalue weighted by molar-refractivity contribution is 0.102. The molecular weight excluding hydrogens is 345 g/mol. The van der Waals surface area contributed by atoms with Gasteiger partial charge in [0.1, 0.15) is 5.82 Å². The Hall–Kier alpha value is -3.12. The summed E-state index contributed by atoms with van der Waals surface area (Å²) in [6, 6.07) is 10.5. The van der Waals surface area contributed by atoms with Crippen molar-refractivity contribution in [3.8, 4) is 11.1 Å². The number of carbonyl (C=O) groups is 1. The fourth-order valence-electron chi connectivity index (χ4n) is 2.97. The maximum Gasteiger partial charge on any atom is 0.260 e. The molecule has 27 heavy (non-hydrogen) atoms. The zero-order valence-electron chi connectivity index (χ0n) is 15.0. The number of nitrogens with one attached hydrogen (secondary N) is 1. The number of fused-ring (bicyclic) bond motifs is 1. The van der Waals surface area contributed by atoms with Gasteiger partial charge in [0.15, 0.2) is 0 Å². The van der Waals surface area contributed by atoms with E-state index in [2.05, 4.69) is 15.3 Å². The normalized spacial score (nSPS) is 12.7. The molecule has 2 heterocycles. The molecule has 3 aromatic rings. The molecule has 1 N–H and O–H groups in total. The van der Waals surface area contributed by atoms with Crippen molar-refractivity contribution in [1.29, 1.82) is 0 Å². The van der Waals surface area contributed by atoms with Crippen LogP contribution in [0, 0.1) is 19.7 Å². The molecule has 1 amide bonds. The minimum absolute atomic E-state index is 0.0528. The van der Waals surface area contributed by atoms with E-state index in [0.29, 0.717) is 13.2 Å². The minimum atomic E-state index is -0.590. The van der Waals surface area contributed by atoms with Gasteiger partial charge in [0.2, 0.25) is 5.95 Å². The van der Waals surface area contributed by atoms with E-state index in [4.69, 9.17) is 4.74 Å². The second-order valence-electron chi connectivity index (χ2n) is 6.61. The number of anilines is 1. The van der Waals surface area contributed by atoms with Gasteiger partial charge in [-0.1, -0.05) is 24.3 Å². The number of aryl methyl sites for hydroxylation is 2. The summed E-state index contributed by atoms with van der Waals surface area (Å²) in [4.78, 5) is 20.7. The van der Waals surface area contributed by atoms with Gasteiger partial charge in [0.05, 0.1) is 24.5 Å². The third kappa shape index (κ3) is 3.44. The summed E-state index contributed by atoms with van der Waals surface area (Å²) < 4.78 is 19.8. The number of aromatic nitrogens is 2. The molecule has 1 aliphatic heterocycles. The summed E-state index contributed by atoms with van der Waals surface area (Å²) >= 11 is 0. The van der Waals surface area contributed by atoms with Crippen LogP contribution in [0.3, 0.4) is 0 Å². The zero-order valence-corrected chi connectivity index (χ0v) is 15.0. The molecule has 1 aliphatic rings. The number of amides is 1. The van der Waals surface area contributed by atoms with Crippen molar-refractivity contribution in [2.75, 3.05) is 5.32 Å². The summed E-state index contributed by atoms with van der Waals surface area (Å²) in [5, 5.41) is 2.55. The van der Waals surface area contributed by atoms with Crippen molar-refractivity contribution >= 4 is 11.9 Å². The molecular formula is C21H18FN3O2. The number of nitrogens with zero attached hydrogens (tertiary/aromatic N) is 2. The van der Waals surface area contributed by atoms with Crippen molar-refractivity contribution in [3.05, 3.63) is 76.4 Å². The Morgan fingerprint density at radius 3 is 2.63 bits per heavy atom. The number of rotatable bonds is 3. The number of benzene rings is 2. The Kier molecular flexibility index (Phi) is 4.41. The number of hydrogen-bond acceptors (Lipinski definition) is 4. The second-order valence-corrected chi connectivity index (χ2v) is 6.61. The molecule has 0 bridgehead atoms. The molecule has 5 nitrogen and oxygen atoms in total. The highest BCUT2D eigenvalue weighted by Gasteiger charge is 2.17.